The van der Waals surface area contributed by atoms with Crippen LogP contribution < -0.4 is 10.2 Å². The monoisotopic (exact) mass is 420 g/mol. The van der Waals surface area contributed by atoms with Crippen molar-refractivity contribution in [2.75, 3.05) is 16.8 Å². The van der Waals surface area contributed by atoms with Gasteiger partial charge in [0.05, 0.1) is 17.8 Å². The molecule has 0 unspecified atom stereocenters. The predicted molar refractivity (Wildman–Crippen MR) is 117 cm³/mol. The van der Waals surface area contributed by atoms with Gasteiger partial charge < -0.3 is 10.2 Å². The van der Waals surface area contributed by atoms with Gasteiger partial charge in [0.2, 0.25) is 11.9 Å². The molecule has 3 aromatic rings. The Bertz CT molecular complexity index is 1160. The number of aryl methyl sites for hydroxylation is 1. The zero-order valence-corrected chi connectivity index (χ0v) is 17.8. The summed E-state index contributed by atoms with van der Waals surface area (Å²) < 4.78 is 15.2. The normalized spacial score (nSPS) is 19.6. The largest absolute Gasteiger partial charge is 0.324 e. The molecule has 3 heterocycles. The van der Waals surface area contributed by atoms with Crippen molar-refractivity contribution in [3.05, 3.63) is 47.9 Å². The summed E-state index contributed by atoms with van der Waals surface area (Å²) in [6.07, 6.45) is 5.75. The Morgan fingerprint density at radius 1 is 1.29 bits per heavy atom. The van der Waals surface area contributed by atoms with Crippen molar-refractivity contribution >= 4 is 23.2 Å². The van der Waals surface area contributed by atoms with E-state index in [0.717, 1.165) is 40.2 Å². The summed E-state index contributed by atoms with van der Waals surface area (Å²) in [6.45, 7) is 6.75. The third kappa shape index (κ3) is 3.66. The standard InChI is InChI=1S/C23H25FN6O/c1-13(2)30-12-16(11-26-30)21-14(3)10-25-23(28-21)27-17-4-5-20-15(8-17)6-7-29(20)22(31)18-9-19(18)24/h4-5,8,10-13,18-19H,6-7,9H2,1-3H3,(H,25,27,28)/t18-,19+/m1/s1. The highest BCUT2D eigenvalue weighted by Crippen LogP contribution is 2.39. The number of amides is 1. The second-order valence-corrected chi connectivity index (χ2v) is 8.59. The maximum absolute atomic E-state index is 13.3. The number of alkyl halides is 1. The second-order valence-electron chi connectivity index (χ2n) is 8.59. The van der Waals surface area contributed by atoms with Crippen molar-refractivity contribution in [3.8, 4) is 11.3 Å². The van der Waals surface area contributed by atoms with Crippen molar-refractivity contribution in [1.29, 1.82) is 0 Å². The van der Waals surface area contributed by atoms with Crippen molar-refractivity contribution in [3.63, 3.8) is 0 Å². The molecular formula is C23H25FN6O. The summed E-state index contributed by atoms with van der Waals surface area (Å²) in [4.78, 5) is 23.3. The fourth-order valence-corrected chi connectivity index (χ4v) is 3.99. The van der Waals surface area contributed by atoms with Crippen LogP contribution in [0.2, 0.25) is 0 Å². The summed E-state index contributed by atoms with van der Waals surface area (Å²) in [7, 11) is 0. The number of aromatic nitrogens is 4. The number of anilines is 3. The number of rotatable bonds is 5. The van der Waals surface area contributed by atoms with E-state index in [-0.39, 0.29) is 11.9 Å². The fraction of sp³-hybridized carbons (Fsp3) is 0.391. The van der Waals surface area contributed by atoms with Crippen molar-refractivity contribution in [2.45, 2.75) is 45.8 Å². The number of benzene rings is 1. The number of hydrogen-bond acceptors (Lipinski definition) is 5. The number of nitrogens with zero attached hydrogens (tertiary/aromatic N) is 5. The Labute approximate surface area is 180 Å². The molecule has 31 heavy (non-hydrogen) atoms. The Morgan fingerprint density at radius 2 is 2.10 bits per heavy atom. The number of hydrogen-bond donors (Lipinski definition) is 1. The van der Waals surface area contributed by atoms with Crippen LogP contribution in [-0.2, 0) is 11.2 Å². The molecule has 0 spiro atoms. The highest BCUT2D eigenvalue weighted by Gasteiger charge is 2.46. The van der Waals surface area contributed by atoms with E-state index in [1.165, 1.54) is 0 Å². The molecule has 8 heteroatoms. The SMILES string of the molecule is Cc1cnc(Nc2ccc3c(c2)CCN3C(=O)[C@@H]2C[C@@H]2F)nc1-c1cnn(C(C)C)c1. The van der Waals surface area contributed by atoms with Crippen molar-refractivity contribution in [2.24, 2.45) is 5.92 Å². The molecule has 0 radical (unpaired) electrons. The number of halogens is 1. The minimum atomic E-state index is -0.974. The Morgan fingerprint density at radius 3 is 2.81 bits per heavy atom. The van der Waals surface area contributed by atoms with Gasteiger partial charge in [-0.25, -0.2) is 14.4 Å². The smallest absolute Gasteiger partial charge is 0.233 e. The molecule has 1 amide bonds. The lowest BCUT2D eigenvalue weighted by Crippen LogP contribution is -2.30. The van der Waals surface area contributed by atoms with Gasteiger partial charge in [-0.05, 0) is 62.9 Å². The molecule has 5 rings (SSSR count). The van der Waals surface area contributed by atoms with Crippen LogP contribution in [0.1, 0.15) is 37.4 Å². The molecule has 0 bridgehead atoms. The summed E-state index contributed by atoms with van der Waals surface area (Å²) in [5, 5.41) is 7.68. The average Bonchev–Trinajstić information content (AvgIpc) is 3.15. The molecular weight excluding hydrogens is 395 g/mol. The maximum Gasteiger partial charge on any atom is 0.233 e. The van der Waals surface area contributed by atoms with Crippen LogP contribution in [0.3, 0.4) is 0 Å². The summed E-state index contributed by atoms with van der Waals surface area (Å²) in [6, 6.07) is 6.12. The number of carbonyl (C=O) groups excluding carboxylic acids is 1. The highest BCUT2D eigenvalue weighted by molar-refractivity contribution is 5.99. The van der Waals surface area contributed by atoms with Crippen molar-refractivity contribution < 1.29 is 9.18 Å². The first kappa shape index (κ1) is 19.7. The van der Waals surface area contributed by atoms with Gasteiger partial charge in [-0.3, -0.25) is 9.48 Å². The van der Waals surface area contributed by atoms with Gasteiger partial charge in [-0.1, -0.05) is 0 Å². The van der Waals surface area contributed by atoms with Crippen LogP contribution in [-0.4, -0.2) is 38.4 Å². The van der Waals surface area contributed by atoms with Gasteiger partial charge in [0.25, 0.3) is 0 Å². The molecule has 0 saturated heterocycles. The minimum absolute atomic E-state index is 0.0968. The summed E-state index contributed by atoms with van der Waals surface area (Å²) in [5.74, 6) is -0.0503. The van der Waals surface area contributed by atoms with E-state index in [1.54, 1.807) is 11.1 Å². The lowest BCUT2D eigenvalue weighted by Gasteiger charge is -2.17. The van der Waals surface area contributed by atoms with Crippen LogP contribution in [0.15, 0.2) is 36.8 Å². The van der Waals surface area contributed by atoms with E-state index in [2.05, 4.69) is 29.2 Å². The Hall–Kier alpha value is -3.29. The van der Waals surface area contributed by atoms with Crippen LogP contribution in [0.4, 0.5) is 21.7 Å². The molecule has 2 atom stereocenters. The molecule has 1 aliphatic carbocycles. The lowest BCUT2D eigenvalue weighted by atomic mass is 10.1. The van der Waals surface area contributed by atoms with Gasteiger partial charge in [0.15, 0.2) is 0 Å². The van der Waals surface area contributed by atoms with Crippen LogP contribution in [0.25, 0.3) is 11.3 Å². The molecule has 160 valence electrons. The lowest BCUT2D eigenvalue weighted by molar-refractivity contribution is -0.120. The van der Waals surface area contributed by atoms with E-state index in [4.69, 9.17) is 4.98 Å². The molecule has 2 aliphatic rings. The highest BCUT2D eigenvalue weighted by atomic mass is 19.1. The Kier molecular flexibility index (Phi) is 4.72. The molecule has 2 aromatic heterocycles. The quantitative estimate of drug-likeness (QED) is 0.669. The molecule has 7 nitrogen and oxygen atoms in total. The molecule has 1 aliphatic heterocycles. The van der Waals surface area contributed by atoms with Crippen molar-refractivity contribution in [1.82, 2.24) is 19.7 Å². The van der Waals surface area contributed by atoms with Gasteiger partial charge in [-0.2, -0.15) is 5.10 Å². The topological polar surface area (TPSA) is 75.9 Å². The summed E-state index contributed by atoms with van der Waals surface area (Å²) >= 11 is 0. The average molecular weight is 420 g/mol. The van der Waals surface area contributed by atoms with E-state index in [9.17, 15) is 9.18 Å². The van der Waals surface area contributed by atoms with Crippen LogP contribution >= 0.6 is 0 Å². The zero-order chi connectivity index (χ0) is 21.7. The first-order valence-electron chi connectivity index (χ1n) is 10.6. The number of nitrogens with one attached hydrogen (secondary N) is 1. The molecule has 1 saturated carbocycles. The maximum atomic E-state index is 13.3. The van der Waals surface area contributed by atoms with Crippen LogP contribution in [0.5, 0.6) is 0 Å². The van der Waals surface area contributed by atoms with E-state index >= 15 is 0 Å². The Balaban J connectivity index is 1.36. The zero-order valence-electron chi connectivity index (χ0n) is 17.8. The van der Waals surface area contributed by atoms with E-state index in [0.29, 0.717) is 18.9 Å². The number of carbonyl (C=O) groups is 1. The predicted octanol–water partition coefficient (Wildman–Crippen LogP) is 4.22. The van der Waals surface area contributed by atoms with E-state index in [1.807, 2.05) is 42.2 Å². The third-order valence-electron chi connectivity index (χ3n) is 5.90. The van der Waals surface area contributed by atoms with Gasteiger partial charge in [0, 0.05) is 41.9 Å². The minimum Gasteiger partial charge on any atom is -0.324 e. The fourth-order valence-electron chi connectivity index (χ4n) is 3.99. The molecule has 1 N–H and O–H groups in total. The summed E-state index contributed by atoms with van der Waals surface area (Å²) in [5.41, 5.74) is 5.57. The van der Waals surface area contributed by atoms with Gasteiger partial charge >= 0.3 is 0 Å². The van der Waals surface area contributed by atoms with Crippen LogP contribution in [0, 0.1) is 12.8 Å². The second kappa shape index (κ2) is 7.44. The molecule has 1 aromatic carbocycles. The van der Waals surface area contributed by atoms with E-state index < -0.39 is 12.1 Å². The first-order chi connectivity index (χ1) is 14.9. The number of fused-ring (bicyclic) bond motifs is 1. The third-order valence-corrected chi connectivity index (χ3v) is 5.90. The van der Waals surface area contributed by atoms with Gasteiger partial charge in [0.1, 0.15) is 6.17 Å². The molecule has 1 fully saturated rings. The van der Waals surface area contributed by atoms with Gasteiger partial charge in [-0.15, -0.1) is 0 Å². The first-order valence-corrected chi connectivity index (χ1v) is 10.6.